The van der Waals surface area contributed by atoms with Gasteiger partial charge < -0.3 is 9.47 Å². The summed E-state index contributed by atoms with van der Waals surface area (Å²) in [5.74, 6) is 0.0760. The van der Waals surface area contributed by atoms with Crippen molar-refractivity contribution in [1.29, 1.82) is 0 Å². The summed E-state index contributed by atoms with van der Waals surface area (Å²) in [6.45, 7) is 7.01. The third kappa shape index (κ3) is 3.58. The number of rotatable bonds is 5. The van der Waals surface area contributed by atoms with E-state index in [9.17, 15) is 9.59 Å². The summed E-state index contributed by atoms with van der Waals surface area (Å²) in [4.78, 5) is 23.3. The van der Waals surface area contributed by atoms with E-state index in [1.54, 1.807) is 27.7 Å². The Kier molecular flexibility index (Phi) is 5.59. The maximum atomic E-state index is 11.6. The van der Waals surface area contributed by atoms with Crippen LogP contribution in [0.3, 0.4) is 0 Å². The average Bonchev–Trinajstić information content (AvgIpc) is 2.18. The molecule has 0 aliphatic rings. The Balaban J connectivity index is 4.99. The van der Waals surface area contributed by atoms with Crippen molar-refractivity contribution in [2.24, 2.45) is 11.3 Å². The number of carbonyl (C=O) groups excluding carboxylic acids is 2. The number of ether oxygens (including phenoxy) is 2. The molecule has 0 radical (unpaired) electrons. The number of carbonyl (C=O) groups is 2. The second-order valence-electron chi connectivity index (χ2n) is 3.80. The van der Waals surface area contributed by atoms with Crippen LogP contribution in [-0.4, -0.2) is 25.2 Å². The molecule has 0 heterocycles. The van der Waals surface area contributed by atoms with Gasteiger partial charge in [-0.05, 0) is 27.7 Å². The number of terminal acetylenes is 1. The SMILES string of the molecule is C#CC(C)(C)C(C(=O)OCC)C(=O)OCC. The first-order valence-corrected chi connectivity index (χ1v) is 5.21. The smallest absolute Gasteiger partial charge is 0.321 e. The topological polar surface area (TPSA) is 52.6 Å². The Hall–Kier alpha value is -1.50. The minimum absolute atomic E-state index is 0.204. The zero-order valence-electron chi connectivity index (χ0n) is 10.2. The van der Waals surface area contributed by atoms with Gasteiger partial charge in [0.25, 0.3) is 0 Å². The lowest BCUT2D eigenvalue weighted by Crippen LogP contribution is -2.39. The molecule has 0 fully saturated rings. The van der Waals surface area contributed by atoms with E-state index in [0.29, 0.717) is 0 Å². The maximum absolute atomic E-state index is 11.6. The third-order valence-electron chi connectivity index (χ3n) is 2.14. The average molecular weight is 226 g/mol. The first-order valence-electron chi connectivity index (χ1n) is 5.21. The molecule has 0 saturated heterocycles. The van der Waals surface area contributed by atoms with Crippen molar-refractivity contribution in [2.75, 3.05) is 13.2 Å². The van der Waals surface area contributed by atoms with E-state index in [4.69, 9.17) is 15.9 Å². The predicted molar refractivity (Wildman–Crippen MR) is 59.4 cm³/mol. The largest absolute Gasteiger partial charge is 0.465 e. The van der Waals surface area contributed by atoms with Gasteiger partial charge in [-0.3, -0.25) is 9.59 Å². The quantitative estimate of drug-likeness (QED) is 0.404. The van der Waals surface area contributed by atoms with Crippen molar-refractivity contribution < 1.29 is 19.1 Å². The molecule has 0 atom stereocenters. The second-order valence-corrected chi connectivity index (χ2v) is 3.80. The third-order valence-corrected chi connectivity index (χ3v) is 2.14. The van der Waals surface area contributed by atoms with E-state index in [-0.39, 0.29) is 13.2 Å². The number of hydrogen-bond acceptors (Lipinski definition) is 4. The van der Waals surface area contributed by atoms with Crippen LogP contribution in [0.25, 0.3) is 0 Å². The van der Waals surface area contributed by atoms with Crippen molar-refractivity contribution in [3.8, 4) is 12.3 Å². The van der Waals surface area contributed by atoms with E-state index in [2.05, 4.69) is 5.92 Å². The van der Waals surface area contributed by atoms with Gasteiger partial charge in [0.05, 0.1) is 13.2 Å². The zero-order chi connectivity index (χ0) is 12.8. The summed E-state index contributed by atoms with van der Waals surface area (Å²) in [7, 11) is 0. The Bertz CT molecular complexity index is 281. The van der Waals surface area contributed by atoms with Gasteiger partial charge in [-0.15, -0.1) is 6.42 Å². The van der Waals surface area contributed by atoms with Crippen LogP contribution < -0.4 is 0 Å². The van der Waals surface area contributed by atoms with Crippen molar-refractivity contribution in [1.82, 2.24) is 0 Å². The minimum atomic E-state index is -1.07. The van der Waals surface area contributed by atoms with Crippen LogP contribution in [-0.2, 0) is 19.1 Å². The molecular weight excluding hydrogens is 208 g/mol. The Morgan fingerprint density at radius 2 is 1.56 bits per heavy atom. The van der Waals surface area contributed by atoms with Gasteiger partial charge in [-0.2, -0.15) is 0 Å². The molecule has 0 saturated carbocycles. The zero-order valence-corrected chi connectivity index (χ0v) is 10.2. The van der Waals surface area contributed by atoms with Gasteiger partial charge in [0.15, 0.2) is 5.92 Å². The molecule has 0 aromatic heterocycles. The molecule has 0 aliphatic heterocycles. The molecule has 16 heavy (non-hydrogen) atoms. The molecule has 4 nitrogen and oxygen atoms in total. The highest BCUT2D eigenvalue weighted by molar-refractivity contribution is 5.96. The fraction of sp³-hybridized carbons (Fsp3) is 0.667. The van der Waals surface area contributed by atoms with Crippen molar-refractivity contribution in [3.63, 3.8) is 0 Å². The normalized spacial score (nSPS) is 10.8. The summed E-state index contributed by atoms with van der Waals surface area (Å²) in [6, 6.07) is 0. The standard InChI is InChI=1S/C12H18O4/c1-6-12(4,5)9(10(13)15-7-2)11(14)16-8-3/h1,9H,7-8H2,2-5H3. The van der Waals surface area contributed by atoms with E-state index in [0.717, 1.165) is 0 Å². The highest BCUT2D eigenvalue weighted by Crippen LogP contribution is 2.28. The Labute approximate surface area is 96.3 Å². The number of hydrogen-bond donors (Lipinski definition) is 0. The van der Waals surface area contributed by atoms with E-state index in [1.165, 1.54) is 0 Å². The molecule has 0 N–H and O–H groups in total. The fourth-order valence-corrected chi connectivity index (χ4v) is 1.22. The highest BCUT2D eigenvalue weighted by atomic mass is 16.6. The molecule has 0 amide bonds. The predicted octanol–water partition coefficient (Wildman–Crippen LogP) is 1.39. The second kappa shape index (κ2) is 6.16. The Morgan fingerprint density at radius 1 is 1.19 bits per heavy atom. The van der Waals surface area contributed by atoms with Gasteiger partial charge >= 0.3 is 11.9 Å². The maximum Gasteiger partial charge on any atom is 0.321 e. The lowest BCUT2D eigenvalue weighted by molar-refractivity contribution is -0.165. The molecule has 0 spiro atoms. The first-order chi connectivity index (χ1) is 7.40. The summed E-state index contributed by atoms with van der Waals surface area (Å²) >= 11 is 0. The van der Waals surface area contributed by atoms with E-state index < -0.39 is 23.3 Å². The van der Waals surface area contributed by atoms with E-state index >= 15 is 0 Å². The lowest BCUT2D eigenvalue weighted by atomic mass is 9.79. The van der Waals surface area contributed by atoms with Crippen LogP contribution in [0.2, 0.25) is 0 Å². The van der Waals surface area contributed by atoms with Crippen LogP contribution in [0, 0.1) is 23.7 Å². The van der Waals surface area contributed by atoms with Gasteiger partial charge in [0, 0.05) is 5.41 Å². The van der Waals surface area contributed by atoms with Gasteiger partial charge in [0.2, 0.25) is 0 Å². The molecule has 0 unspecified atom stereocenters. The van der Waals surface area contributed by atoms with Crippen LogP contribution >= 0.6 is 0 Å². The number of esters is 2. The summed E-state index contributed by atoms with van der Waals surface area (Å²) < 4.78 is 9.65. The molecule has 0 aromatic carbocycles. The highest BCUT2D eigenvalue weighted by Gasteiger charge is 2.42. The van der Waals surface area contributed by atoms with Crippen LogP contribution in [0.5, 0.6) is 0 Å². The monoisotopic (exact) mass is 226 g/mol. The van der Waals surface area contributed by atoms with Gasteiger partial charge in [0.1, 0.15) is 0 Å². The summed E-state index contributed by atoms with van der Waals surface area (Å²) in [5, 5.41) is 0. The fourth-order valence-electron chi connectivity index (χ4n) is 1.22. The van der Waals surface area contributed by atoms with Crippen molar-refractivity contribution >= 4 is 11.9 Å². The lowest BCUT2D eigenvalue weighted by Gasteiger charge is -2.25. The van der Waals surface area contributed by atoms with Crippen LogP contribution in [0.15, 0.2) is 0 Å². The minimum Gasteiger partial charge on any atom is -0.465 e. The summed E-state index contributed by atoms with van der Waals surface area (Å²) in [6.07, 6.45) is 5.31. The Morgan fingerprint density at radius 3 is 1.81 bits per heavy atom. The van der Waals surface area contributed by atoms with Crippen molar-refractivity contribution in [3.05, 3.63) is 0 Å². The molecule has 4 heteroatoms. The van der Waals surface area contributed by atoms with Crippen LogP contribution in [0.4, 0.5) is 0 Å². The van der Waals surface area contributed by atoms with E-state index in [1.807, 2.05) is 0 Å². The molecule has 0 rings (SSSR count). The molecule has 90 valence electrons. The molecule has 0 aromatic rings. The molecule has 0 bridgehead atoms. The van der Waals surface area contributed by atoms with Gasteiger partial charge in [-0.1, -0.05) is 5.92 Å². The molecule has 0 aliphatic carbocycles. The van der Waals surface area contributed by atoms with Gasteiger partial charge in [-0.25, -0.2) is 0 Å². The first kappa shape index (κ1) is 14.5. The van der Waals surface area contributed by atoms with Crippen molar-refractivity contribution in [2.45, 2.75) is 27.7 Å². The van der Waals surface area contributed by atoms with Crippen LogP contribution in [0.1, 0.15) is 27.7 Å². The molecular formula is C12H18O4. The summed E-state index contributed by atoms with van der Waals surface area (Å²) in [5.41, 5.74) is -0.918.